The second-order valence-corrected chi connectivity index (χ2v) is 5.70. The van der Waals surface area contributed by atoms with Crippen molar-refractivity contribution in [2.45, 2.75) is 33.4 Å². The minimum Gasteiger partial charge on any atom is -0.358 e. The van der Waals surface area contributed by atoms with Crippen molar-refractivity contribution < 1.29 is 4.79 Å². The van der Waals surface area contributed by atoms with Crippen LogP contribution in [0.1, 0.15) is 25.1 Å². The Morgan fingerprint density at radius 2 is 2.00 bits per heavy atom. The number of hydrogen-bond donors (Lipinski definition) is 2. The summed E-state index contributed by atoms with van der Waals surface area (Å²) >= 11 is 0. The number of fused-ring (bicyclic) bond motifs is 1. The largest absolute Gasteiger partial charge is 0.358 e. The molecule has 4 heteroatoms. The molecule has 112 valence electrons. The van der Waals surface area contributed by atoms with E-state index < -0.39 is 0 Å². The predicted octanol–water partition coefficient (Wildman–Crippen LogP) is 2.40. The van der Waals surface area contributed by atoms with Gasteiger partial charge in [0.15, 0.2) is 0 Å². The Labute approximate surface area is 126 Å². The van der Waals surface area contributed by atoms with Crippen LogP contribution in [0.25, 0.3) is 10.9 Å². The van der Waals surface area contributed by atoms with Gasteiger partial charge in [0.2, 0.25) is 5.91 Å². The first-order valence-corrected chi connectivity index (χ1v) is 7.32. The summed E-state index contributed by atoms with van der Waals surface area (Å²) in [6, 6.07) is 10.1. The molecule has 0 aliphatic heterocycles. The standard InChI is InChI=1S/C17H23N3O/c1-11(2)16(17(21)18-4)19-10-13-6-8-15-14(9-13)7-5-12(3)20-15/h5-9,11,16,19H,10H2,1-4H3,(H,18,21)/t16-/m1/s1. The van der Waals surface area contributed by atoms with E-state index in [2.05, 4.69) is 33.8 Å². The molecule has 0 aliphatic rings. The van der Waals surface area contributed by atoms with Gasteiger partial charge in [-0.15, -0.1) is 0 Å². The van der Waals surface area contributed by atoms with Gasteiger partial charge >= 0.3 is 0 Å². The van der Waals surface area contributed by atoms with Gasteiger partial charge in [-0.25, -0.2) is 0 Å². The lowest BCUT2D eigenvalue weighted by molar-refractivity contribution is -0.123. The number of hydrogen-bond acceptors (Lipinski definition) is 3. The highest BCUT2D eigenvalue weighted by Gasteiger charge is 2.20. The van der Waals surface area contributed by atoms with Crippen molar-refractivity contribution in [2.24, 2.45) is 5.92 Å². The fourth-order valence-electron chi connectivity index (χ4n) is 2.40. The van der Waals surface area contributed by atoms with E-state index in [9.17, 15) is 4.79 Å². The van der Waals surface area contributed by atoms with Gasteiger partial charge in [-0.3, -0.25) is 9.78 Å². The fraction of sp³-hybridized carbons (Fsp3) is 0.412. The summed E-state index contributed by atoms with van der Waals surface area (Å²) in [5, 5.41) is 7.16. The Morgan fingerprint density at radius 3 is 2.67 bits per heavy atom. The van der Waals surface area contributed by atoms with Crippen molar-refractivity contribution in [3.8, 4) is 0 Å². The molecular formula is C17H23N3O. The number of aryl methyl sites for hydroxylation is 1. The van der Waals surface area contributed by atoms with E-state index in [4.69, 9.17) is 0 Å². The van der Waals surface area contributed by atoms with Gasteiger partial charge in [-0.05, 0) is 36.6 Å². The molecule has 0 saturated heterocycles. The van der Waals surface area contributed by atoms with Crippen molar-refractivity contribution >= 4 is 16.8 Å². The molecule has 0 unspecified atom stereocenters. The first-order valence-electron chi connectivity index (χ1n) is 7.32. The first-order chi connectivity index (χ1) is 10.0. The Balaban J connectivity index is 2.12. The highest BCUT2D eigenvalue weighted by Crippen LogP contribution is 2.15. The molecule has 0 fully saturated rings. The Morgan fingerprint density at radius 1 is 1.24 bits per heavy atom. The zero-order valence-electron chi connectivity index (χ0n) is 13.1. The van der Waals surface area contributed by atoms with Crippen LogP contribution in [-0.4, -0.2) is 24.0 Å². The molecule has 2 aromatic rings. The molecule has 0 radical (unpaired) electrons. The molecule has 2 rings (SSSR count). The Bertz CT molecular complexity index is 637. The number of nitrogens with zero attached hydrogens (tertiary/aromatic N) is 1. The average molecular weight is 285 g/mol. The quantitative estimate of drug-likeness (QED) is 0.887. The van der Waals surface area contributed by atoms with Crippen LogP contribution in [-0.2, 0) is 11.3 Å². The maximum absolute atomic E-state index is 11.8. The number of pyridine rings is 1. The van der Waals surface area contributed by atoms with Crippen molar-refractivity contribution in [1.82, 2.24) is 15.6 Å². The van der Waals surface area contributed by atoms with E-state index in [1.807, 2.05) is 32.9 Å². The van der Waals surface area contributed by atoms with Crippen molar-refractivity contribution in [2.75, 3.05) is 7.05 Å². The van der Waals surface area contributed by atoms with Crippen LogP contribution in [0.15, 0.2) is 30.3 Å². The van der Waals surface area contributed by atoms with E-state index in [0.717, 1.165) is 22.2 Å². The van der Waals surface area contributed by atoms with Gasteiger partial charge in [0.05, 0.1) is 11.6 Å². The molecule has 0 spiro atoms. The lowest BCUT2D eigenvalue weighted by atomic mass is 10.0. The van der Waals surface area contributed by atoms with Gasteiger partial charge in [-0.1, -0.05) is 26.0 Å². The second-order valence-electron chi connectivity index (χ2n) is 5.70. The van der Waals surface area contributed by atoms with Crippen molar-refractivity contribution in [1.29, 1.82) is 0 Å². The van der Waals surface area contributed by atoms with Crippen molar-refractivity contribution in [3.05, 3.63) is 41.6 Å². The highest BCUT2D eigenvalue weighted by molar-refractivity contribution is 5.82. The number of likely N-dealkylation sites (N-methyl/N-ethyl adjacent to an activating group) is 1. The number of amides is 1. The summed E-state index contributed by atoms with van der Waals surface area (Å²) in [4.78, 5) is 16.3. The minimum absolute atomic E-state index is 0.0306. The van der Waals surface area contributed by atoms with Gasteiger partial charge < -0.3 is 10.6 Å². The molecule has 1 aromatic carbocycles. The smallest absolute Gasteiger partial charge is 0.237 e. The molecule has 1 aromatic heterocycles. The molecule has 0 bridgehead atoms. The number of nitrogens with one attached hydrogen (secondary N) is 2. The maximum atomic E-state index is 11.8. The maximum Gasteiger partial charge on any atom is 0.237 e. The third-order valence-corrected chi connectivity index (χ3v) is 3.61. The summed E-state index contributed by atoms with van der Waals surface area (Å²) in [7, 11) is 1.67. The van der Waals surface area contributed by atoms with E-state index in [-0.39, 0.29) is 17.9 Å². The lowest BCUT2D eigenvalue weighted by Crippen LogP contribution is -2.45. The SMILES string of the molecule is CNC(=O)[C@H](NCc1ccc2nc(C)ccc2c1)C(C)C. The number of carbonyl (C=O) groups is 1. The van der Waals surface area contributed by atoms with Crippen LogP contribution >= 0.6 is 0 Å². The van der Waals surface area contributed by atoms with Crippen LogP contribution in [0, 0.1) is 12.8 Å². The van der Waals surface area contributed by atoms with Gasteiger partial charge in [0.1, 0.15) is 0 Å². The van der Waals surface area contributed by atoms with E-state index in [1.165, 1.54) is 0 Å². The average Bonchev–Trinajstić information content (AvgIpc) is 2.46. The fourth-order valence-corrected chi connectivity index (χ4v) is 2.40. The Kier molecular flexibility index (Phi) is 4.91. The first kappa shape index (κ1) is 15.4. The van der Waals surface area contributed by atoms with Gasteiger partial charge in [0.25, 0.3) is 0 Å². The van der Waals surface area contributed by atoms with Crippen LogP contribution < -0.4 is 10.6 Å². The van der Waals surface area contributed by atoms with Crippen LogP contribution in [0.3, 0.4) is 0 Å². The number of rotatable bonds is 5. The summed E-state index contributed by atoms with van der Waals surface area (Å²) in [6.07, 6.45) is 0. The van der Waals surface area contributed by atoms with Crippen LogP contribution in [0.4, 0.5) is 0 Å². The number of benzene rings is 1. The zero-order valence-corrected chi connectivity index (χ0v) is 13.1. The normalized spacial score (nSPS) is 12.6. The highest BCUT2D eigenvalue weighted by atomic mass is 16.2. The molecule has 4 nitrogen and oxygen atoms in total. The summed E-state index contributed by atoms with van der Waals surface area (Å²) in [6.45, 7) is 6.74. The molecule has 0 saturated carbocycles. The van der Waals surface area contributed by atoms with E-state index >= 15 is 0 Å². The number of aromatic nitrogens is 1. The monoisotopic (exact) mass is 285 g/mol. The third kappa shape index (κ3) is 3.79. The number of carbonyl (C=O) groups excluding carboxylic acids is 1. The molecule has 1 amide bonds. The van der Waals surface area contributed by atoms with Crippen LogP contribution in [0.5, 0.6) is 0 Å². The van der Waals surface area contributed by atoms with E-state index in [1.54, 1.807) is 7.05 Å². The molecular weight excluding hydrogens is 262 g/mol. The summed E-state index contributed by atoms with van der Waals surface area (Å²) in [5.41, 5.74) is 3.18. The van der Waals surface area contributed by atoms with Crippen molar-refractivity contribution in [3.63, 3.8) is 0 Å². The lowest BCUT2D eigenvalue weighted by Gasteiger charge is -2.20. The minimum atomic E-state index is -0.179. The molecule has 1 atom stereocenters. The van der Waals surface area contributed by atoms with E-state index in [0.29, 0.717) is 6.54 Å². The third-order valence-electron chi connectivity index (χ3n) is 3.61. The molecule has 2 N–H and O–H groups in total. The topological polar surface area (TPSA) is 54.0 Å². The molecule has 1 heterocycles. The molecule has 0 aliphatic carbocycles. The Hall–Kier alpha value is -1.94. The second kappa shape index (κ2) is 6.68. The van der Waals surface area contributed by atoms with Gasteiger partial charge in [-0.2, -0.15) is 0 Å². The molecule has 21 heavy (non-hydrogen) atoms. The van der Waals surface area contributed by atoms with Gasteiger partial charge in [0, 0.05) is 24.7 Å². The summed E-state index contributed by atoms with van der Waals surface area (Å²) in [5.74, 6) is 0.276. The van der Waals surface area contributed by atoms with Crippen LogP contribution in [0.2, 0.25) is 0 Å². The summed E-state index contributed by atoms with van der Waals surface area (Å²) < 4.78 is 0. The zero-order chi connectivity index (χ0) is 15.4. The predicted molar refractivity (Wildman–Crippen MR) is 86.0 cm³/mol.